The summed E-state index contributed by atoms with van der Waals surface area (Å²) in [5.41, 5.74) is 4.60. The van der Waals surface area contributed by atoms with Crippen LogP contribution in [-0.4, -0.2) is 13.0 Å². The van der Waals surface area contributed by atoms with Crippen molar-refractivity contribution >= 4 is 33.5 Å². The lowest BCUT2D eigenvalue weighted by Gasteiger charge is -2.11. The highest BCUT2D eigenvalue weighted by atomic mass is 16.5. The van der Waals surface area contributed by atoms with E-state index in [2.05, 4.69) is 11.4 Å². The van der Waals surface area contributed by atoms with Crippen LogP contribution in [0.5, 0.6) is 5.75 Å². The van der Waals surface area contributed by atoms with Crippen LogP contribution in [0.3, 0.4) is 0 Å². The second-order valence-electron chi connectivity index (χ2n) is 8.41. The highest BCUT2D eigenvalue weighted by Gasteiger charge is 2.24. The van der Waals surface area contributed by atoms with Crippen molar-refractivity contribution in [3.63, 3.8) is 0 Å². The second kappa shape index (κ2) is 7.92. The number of ether oxygens (including phenoxy) is 1. The molecule has 1 N–H and O–H groups in total. The van der Waals surface area contributed by atoms with Crippen molar-refractivity contribution in [2.24, 2.45) is 0 Å². The van der Waals surface area contributed by atoms with Gasteiger partial charge in [0.05, 0.1) is 18.4 Å². The number of benzene rings is 3. The largest absolute Gasteiger partial charge is 0.496 e. The maximum absolute atomic E-state index is 13.3. The normalized spacial score (nSPS) is 12.7. The summed E-state index contributed by atoms with van der Waals surface area (Å²) in [6, 6.07) is 20.0. The quantitative estimate of drug-likeness (QED) is 0.341. The van der Waals surface area contributed by atoms with Crippen LogP contribution in [0.25, 0.3) is 33.3 Å². The van der Waals surface area contributed by atoms with Crippen LogP contribution in [0.4, 0.5) is 5.69 Å². The molecule has 168 valence electrons. The van der Waals surface area contributed by atoms with E-state index in [4.69, 9.17) is 13.6 Å². The number of aryl methyl sites for hydroxylation is 2. The Bertz CT molecular complexity index is 1640. The van der Waals surface area contributed by atoms with Gasteiger partial charge in [-0.15, -0.1) is 0 Å². The molecule has 2 aromatic heterocycles. The summed E-state index contributed by atoms with van der Waals surface area (Å²) in [6.45, 7) is 0. The van der Waals surface area contributed by atoms with Crippen LogP contribution in [0, 0.1) is 0 Å². The maximum Gasteiger partial charge on any atom is 0.336 e. The lowest BCUT2D eigenvalue weighted by molar-refractivity contribution is 0.102. The summed E-state index contributed by atoms with van der Waals surface area (Å²) >= 11 is 0. The number of hydrogen-bond acceptors (Lipinski definition) is 5. The molecule has 0 fully saturated rings. The van der Waals surface area contributed by atoms with Gasteiger partial charge in [-0.3, -0.25) is 4.79 Å². The minimum absolute atomic E-state index is 0.335. The third-order valence-electron chi connectivity index (χ3n) is 6.39. The fraction of sp³-hybridized carbons (Fsp3) is 0.143. The summed E-state index contributed by atoms with van der Waals surface area (Å²) in [7, 11) is 1.53. The van der Waals surface area contributed by atoms with Crippen LogP contribution in [-0.2, 0) is 12.8 Å². The number of rotatable bonds is 4. The number of fused-ring (bicyclic) bond motifs is 3. The van der Waals surface area contributed by atoms with Crippen molar-refractivity contribution in [2.45, 2.75) is 19.3 Å². The Morgan fingerprint density at radius 3 is 2.50 bits per heavy atom. The van der Waals surface area contributed by atoms with E-state index in [9.17, 15) is 9.59 Å². The summed E-state index contributed by atoms with van der Waals surface area (Å²) in [6.07, 6.45) is 3.04. The zero-order chi connectivity index (χ0) is 23.2. The number of carbonyl (C=O) groups is 1. The van der Waals surface area contributed by atoms with Crippen molar-refractivity contribution in [3.8, 4) is 17.1 Å². The number of furan rings is 1. The zero-order valence-corrected chi connectivity index (χ0v) is 18.5. The van der Waals surface area contributed by atoms with Crippen molar-refractivity contribution < 1.29 is 18.4 Å². The number of hydrogen-bond donors (Lipinski definition) is 1. The van der Waals surface area contributed by atoms with Gasteiger partial charge in [0, 0.05) is 22.4 Å². The number of nitrogens with one attached hydrogen (secondary N) is 1. The molecular weight excluding hydrogens is 430 g/mol. The van der Waals surface area contributed by atoms with Gasteiger partial charge in [-0.25, -0.2) is 4.79 Å². The monoisotopic (exact) mass is 451 g/mol. The van der Waals surface area contributed by atoms with E-state index in [-0.39, 0.29) is 5.91 Å². The van der Waals surface area contributed by atoms with Crippen LogP contribution < -0.4 is 15.7 Å². The fourth-order valence-corrected chi connectivity index (χ4v) is 4.79. The first kappa shape index (κ1) is 20.3. The Labute approximate surface area is 194 Å². The Morgan fingerprint density at radius 2 is 1.65 bits per heavy atom. The smallest absolute Gasteiger partial charge is 0.336 e. The number of amides is 1. The van der Waals surface area contributed by atoms with Crippen LogP contribution in [0.1, 0.15) is 27.9 Å². The average molecular weight is 451 g/mol. The minimum Gasteiger partial charge on any atom is -0.496 e. The second-order valence-corrected chi connectivity index (χ2v) is 8.41. The molecule has 0 aliphatic heterocycles. The van der Waals surface area contributed by atoms with Crippen LogP contribution in [0.15, 0.2) is 80.4 Å². The highest BCUT2D eigenvalue weighted by Crippen LogP contribution is 2.41. The van der Waals surface area contributed by atoms with E-state index < -0.39 is 5.63 Å². The van der Waals surface area contributed by atoms with Gasteiger partial charge in [0.25, 0.3) is 5.91 Å². The first-order valence-corrected chi connectivity index (χ1v) is 11.2. The fourth-order valence-electron chi connectivity index (χ4n) is 4.79. The third kappa shape index (κ3) is 3.27. The molecule has 5 aromatic rings. The molecule has 1 aliphatic rings. The van der Waals surface area contributed by atoms with E-state index in [0.29, 0.717) is 39.5 Å². The van der Waals surface area contributed by atoms with Gasteiger partial charge in [0.15, 0.2) is 5.76 Å². The Morgan fingerprint density at radius 1 is 0.882 bits per heavy atom. The highest BCUT2D eigenvalue weighted by molar-refractivity contribution is 6.14. The molecule has 0 atom stereocenters. The lowest BCUT2D eigenvalue weighted by atomic mass is 10.0. The van der Waals surface area contributed by atoms with Gasteiger partial charge in [-0.1, -0.05) is 24.3 Å². The Hall–Kier alpha value is -4.32. The summed E-state index contributed by atoms with van der Waals surface area (Å²) in [5.74, 6) is 0.550. The molecule has 2 heterocycles. The molecule has 0 saturated heterocycles. The summed E-state index contributed by atoms with van der Waals surface area (Å²) < 4.78 is 17.1. The summed E-state index contributed by atoms with van der Waals surface area (Å²) in [4.78, 5) is 25.8. The van der Waals surface area contributed by atoms with E-state index in [1.165, 1.54) is 24.3 Å². The first-order valence-electron chi connectivity index (χ1n) is 11.2. The van der Waals surface area contributed by atoms with Gasteiger partial charge >= 0.3 is 5.63 Å². The molecule has 0 unspecified atom stereocenters. The van der Waals surface area contributed by atoms with Crippen molar-refractivity contribution in [3.05, 3.63) is 93.8 Å². The Kier molecular flexibility index (Phi) is 4.73. The van der Waals surface area contributed by atoms with Gasteiger partial charge in [-0.2, -0.15) is 0 Å². The lowest BCUT2D eigenvalue weighted by Crippen LogP contribution is -2.13. The van der Waals surface area contributed by atoms with Gasteiger partial charge in [0.2, 0.25) is 0 Å². The van der Waals surface area contributed by atoms with E-state index in [0.717, 1.165) is 30.0 Å². The predicted octanol–water partition coefficient (Wildman–Crippen LogP) is 5.96. The standard InChI is InChI=1S/C28H21NO5/c1-32-22-11-4-3-10-19(22)28(31)29-26-18-9-2-5-12-23(18)34-27(26)21-15-25(30)33-24-14-17-8-6-7-16(17)13-20(21)24/h2-5,9-15H,6-8H2,1H3,(H,29,31). The van der Waals surface area contributed by atoms with Crippen molar-refractivity contribution in [1.29, 1.82) is 0 Å². The zero-order valence-electron chi connectivity index (χ0n) is 18.5. The molecular formula is C28H21NO5. The summed E-state index contributed by atoms with van der Waals surface area (Å²) in [5, 5.41) is 4.54. The molecule has 1 aliphatic carbocycles. The predicted molar refractivity (Wildman–Crippen MR) is 131 cm³/mol. The van der Waals surface area contributed by atoms with Gasteiger partial charge in [0.1, 0.15) is 16.9 Å². The molecule has 0 saturated carbocycles. The van der Waals surface area contributed by atoms with E-state index in [1.807, 2.05) is 36.4 Å². The number of anilines is 1. The van der Waals surface area contributed by atoms with Crippen molar-refractivity contribution in [1.82, 2.24) is 0 Å². The molecule has 6 heteroatoms. The van der Waals surface area contributed by atoms with Gasteiger partial charge < -0.3 is 18.9 Å². The molecule has 1 amide bonds. The van der Waals surface area contributed by atoms with Crippen LogP contribution >= 0.6 is 0 Å². The maximum atomic E-state index is 13.3. The first-order chi connectivity index (χ1) is 16.6. The number of carbonyl (C=O) groups excluding carboxylic acids is 1. The molecule has 6 nitrogen and oxygen atoms in total. The molecule has 34 heavy (non-hydrogen) atoms. The van der Waals surface area contributed by atoms with E-state index in [1.54, 1.807) is 18.2 Å². The number of methoxy groups -OCH3 is 1. The molecule has 3 aromatic carbocycles. The SMILES string of the molecule is COc1ccccc1C(=O)Nc1c(-c2cc(=O)oc3cc4c(cc23)CCC4)oc2ccccc12. The molecule has 6 rings (SSSR count). The Balaban J connectivity index is 1.57. The van der Waals surface area contributed by atoms with Gasteiger partial charge in [-0.05, 0) is 66.8 Å². The van der Waals surface area contributed by atoms with Crippen LogP contribution in [0.2, 0.25) is 0 Å². The minimum atomic E-state index is -0.470. The van der Waals surface area contributed by atoms with Crippen molar-refractivity contribution in [2.75, 3.05) is 12.4 Å². The topological polar surface area (TPSA) is 81.7 Å². The molecule has 0 radical (unpaired) electrons. The van der Waals surface area contributed by atoms with E-state index >= 15 is 0 Å². The average Bonchev–Trinajstić information content (AvgIpc) is 3.46. The molecule has 0 bridgehead atoms. The third-order valence-corrected chi connectivity index (χ3v) is 6.39. The molecule has 0 spiro atoms. The number of para-hydroxylation sites is 2.